The Balaban J connectivity index is 2.65. The predicted molar refractivity (Wildman–Crippen MR) is 60.9 cm³/mol. The van der Waals surface area contributed by atoms with E-state index in [4.69, 9.17) is 0 Å². The van der Waals surface area contributed by atoms with Crippen LogP contribution in [0.1, 0.15) is 15.9 Å². The van der Waals surface area contributed by atoms with E-state index >= 15 is 0 Å². The van der Waals surface area contributed by atoms with Crippen LogP contribution < -0.4 is 5.56 Å². The van der Waals surface area contributed by atoms with Crippen LogP contribution in [-0.2, 0) is 10.9 Å². The number of hydrogen-bond acceptors (Lipinski definition) is 3. The summed E-state index contributed by atoms with van der Waals surface area (Å²) in [5, 5.41) is 0.313. The molecule has 2 rings (SSSR count). The highest BCUT2D eigenvalue weighted by atomic mass is 19.4. The van der Waals surface area contributed by atoms with Crippen LogP contribution in [0.5, 0.6) is 0 Å². The quantitative estimate of drug-likeness (QED) is 0.810. The number of benzene rings is 1. The van der Waals surface area contributed by atoms with Gasteiger partial charge in [0, 0.05) is 5.52 Å². The molecule has 4 nitrogen and oxygen atoms in total. The highest BCUT2D eigenvalue weighted by molar-refractivity contribution is 5.93. The molecular weight excluding hydrogens is 263 g/mol. The highest BCUT2D eigenvalue weighted by Crippen LogP contribution is 2.30. The number of nitrogens with one attached hydrogen (secondary N) is 1. The number of carbonyl (C=O) groups is 1. The first-order valence-electron chi connectivity index (χ1n) is 5.15. The lowest BCUT2D eigenvalue weighted by Gasteiger charge is -2.08. The fourth-order valence-electron chi connectivity index (χ4n) is 1.64. The van der Waals surface area contributed by atoms with Crippen LogP contribution >= 0.6 is 0 Å². The third-order valence-corrected chi connectivity index (χ3v) is 2.58. The number of halogens is 3. The van der Waals surface area contributed by atoms with E-state index < -0.39 is 23.3 Å². The van der Waals surface area contributed by atoms with Crippen LogP contribution in [0.15, 0.2) is 29.1 Å². The minimum Gasteiger partial charge on any atom is -0.465 e. The average Bonchev–Trinajstić information content (AvgIpc) is 2.35. The van der Waals surface area contributed by atoms with Gasteiger partial charge in [-0.1, -0.05) is 6.07 Å². The van der Waals surface area contributed by atoms with Gasteiger partial charge in [-0.3, -0.25) is 4.79 Å². The van der Waals surface area contributed by atoms with Crippen molar-refractivity contribution in [1.29, 1.82) is 0 Å². The molecule has 1 aromatic heterocycles. The SMILES string of the molecule is COC(=O)c1cc2ccc(C(F)(F)F)cc2[nH]c1=O. The van der Waals surface area contributed by atoms with Crippen molar-refractivity contribution in [3.05, 3.63) is 45.7 Å². The summed E-state index contributed by atoms with van der Waals surface area (Å²) in [6.45, 7) is 0. The largest absolute Gasteiger partial charge is 0.465 e. The molecule has 1 heterocycles. The second kappa shape index (κ2) is 4.42. The Labute approximate surface area is 104 Å². The fraction of sp³-hybridized carbons (Fsp3) is 0.167. The van der Waals surface area contributed by atoms with Crippen LogP contribution in [0, 0.1) is 0 Å². The Morgan fingerprint density at radius 2 is 1.95 bits per heavy atom. The number of carbonyl (C=O) groups excluding carboxylic acids is 1. The summed E-state index contributed by atoms with van der Waals surface area (Å²) in [6, 6.07) is 4.07. The van der Waals surface area contributed by atoms with Crippen LogP contribution in [0.4, 0.5) is 13.2 Å². The summed E-state index contributed by atoms with van der Waals surface area (Å²) in [7, 11) is 1.11. The zero-order valence-corrected chi connectivity index (χ0v) is 9.67. The van der Waals surface area contributed by atoms with Gasteiger partial charge in [0.1, 0.15) is 5.56 Å². The van der Waals surface area contributed by atoms with Gasteiger partial charge in [-0.15, -0.1) is 0 Å². The standard InChI is InChI=1S/C12H8F3NO3/c1-19-11(18)8-4-6-2-3-7(12(13,14)15)5-9(6)16-10(8)17/h2-5H,1H3,(H,16,17). The van der Waals surface area contributed by atoms with Crippen LogP contribution in [-0.4, -0.2) is 18.1 Å². The molecule has 2 aromatic rings. The van der Waals surface area contributed by atoms with Crippen LogP contribution in [0.25, 0.3) is 10.9 Å². The first-order valence-corrected chi connectivity index (χ1v) is 5.15. The van der Waals surface area contributed by atoms with Crippen molar-refractivity contribution in [2.45, 2.75) is 6.18 Å². The number of esters is 1. The smallest absolute Gasteiger partial charge is 0.416 e. The predicted octanol–water partition coefficient (Wildman–Crippen LogP) is 2.33. The van der Waals surface area contributed by atoms with Gasteiger partial charge in [-0.05, 0) is 23.6 Å². The minimum atomic E-state index is -4.49. The normalized spacial score (nSPS) is 11.6. The van der Waals surface area contributed by atoms with Crippen molar-refractivity contribution in [2.24, 2.45) is 0 Å². The Kier molecular flexibility index (Phi) is 3.05. The van der Waals surface area contributed by atoms with Gasteiger partial charge in [0.25, 0.3) is 5.56 Å². The summed E-state index contributed by atoms with van der Waals surface area (Å²) < 4.78 is 41.9. The lowest BCUT2D eigenvalue weighted by molar-refractivity contribution is -0.137. The van der Waals surface area contributed by atoms with Crippen molar-refractivity contribution in [3.8, 4) is 0 Å². The lowest BCUT2D eigenvalue weighted by atomic mass is 10.1. The molecule has 100 valence electrons. The van der Waals surface area contributed by atoms with E-state index in [1.54, 1.807) is 0 Å². The number of aromatic nitrogens is 1. The number of ether oxygens (including phenoxy) is 1. The monoisotopic (exact) mass is 271 g/mol. The fourth-order valence-corrected chi connectivity index (χ4v) is 1.64. The molecule has 0 aliphatic carbocycles. The molecular formula is C12H8F3NO3. The van der Waals surface area contributed by atoms with Gasteiger partial charge >= 0.3 is 12.1 Å². The molecule has 0 amide bonds. The van der Waals surface area contributed by atoms with Crippen molar-refractivity contribution in [3.63, 3.8) is 0 Å². The summed E-state index contributed by atoms with van der Waals surface area (Å²) in [4.78, 5) is 25.1. The number of fused-ring (bicyclic) bond motifs is 1. The average molecular weight is 271 g/mol. The summed E-state index contributed by atoms with van der Waals surface area (Å²) in [5.74, 6) is -0.844. The van der Waals surface area contributed by atoms with Gasteiger partial charge < -0.3 is 9.72 Å². The highest BCUT2D eigenvalue weighted by Gasteiger charge is 2.30. The van der Waals surface area contributed by atoms with E-state index in [1.165, 1.54) is 12.1 Å². The zero-order valence-electron chi connectivity index (χ0n) is 9.67. The maximum atomic E-state index is 12.5. The molecule has 7 heteroatoms. The van der Waals surface area contributed by atoms with Gasteiger partial charge in [-0.25, -0.2) is 4.79 Å². The number of H-pyrrole nitrogens is 1. The molecule has 1 aromatic carbocycles. The van der Waals surface area contributed by atoms with Crippen molar-refractivity contribution < 1.29 is 22.7 Å². The van der Waals surface area contributed by atoms with Gasteiger partial charge in [-0.2, -0.15) is 13.2 Å². The Morgan fingerprint density at radius 3 is 2.53 bits per heavy atom. The minimum absolute atomic E-state index is 0.00692. The van der Waals surface area contributed by atoms with E-state index in [0.29, 0.717) is 5.39 Å². The Morgan fingerprint density at radius 1 is 1.26 bits per heavy atom. The molecule has 0 aliphatic rings. The molecule has 0 spiro atoms. The zero-order chi connectivity index (χ0) is 14.2. The van der Waals surface area contributed by atoms with Gasteiger partial charge in [0.05, 0.1) is 12.7 Å². The topological polar surface area (TPSA) is 59.2 Å². The van der Waals surface area contributed by atoms with Gasteiger partial charge in [0.2, 0.25) is 0 Å². The first kappa shape index (κ1) is 13.1. The number of pyridine rings is 1. The van der Waals surface area contributed by atoms with Crippen LogP contribution in [0.3, 0.4) is 0 Å². The number of aromatic amines is 1. The molecule has 0 atom stereocenters. The molecule has 0 saturated carbocycles. The molecule has 0 radical (unpaired) electrons. The molecule has 19 heavy (non-hydrogen) atoms. The summed E-state index contributed by atoms with van der Waals surface area (Å²) in [6.07, 6.45) is -4.49. The Hall–Kier alpha value is -2.31. The number of hydrogen-bond donors (Lipinski definition) is 1. The summed E-state index contributed by atoms with van der Waals surface area (Å²) >= 11 is 0. The van der Waals surface area contributed by atoms with E-state index in [2.05, 4.69) is 9.72 Å². The van der Waals surface area contributed by atoms with Crippen molar-refractivity contribution in [1.82, 2.24) is 4.98 Å². The molecule has 0 aliphatic heterocycles. The second-order valence-electron chi connectivity index (χ2n) is 3.80. The third-order valence-electron chi connectivity index (χ3n) is 2.58. The second-order valence-corrected chi connectivity index (χ2v) is 3.80. The van der Waals surface area contributed by atoms with E-state index in [0.717, 1.165) is 19.2 Å². The Bertz CT molecular complexity index is 703. The van der Waals surface area contributed by atoms with Crippen LogP contribution in [0.2, 0.25) is 0 Å². The maximum Gasteiger partial charge on any atom is 0.416 e. The number of methoxy groups -OCH3 is 1. The van der Waals surface area contributed by atoms with E-state index in [-0.39, 0.29) is 11.1 Å². The first-order chi connectivity index (χ1) is 8.82. The number of alkyl halides is 3. The number of rotatable bonds is 1. The van der Waals surface area contributed by atoms with E-state index in [1.807, 2.05) is 0 Å². The third kappa shape index (κ3) is 2.44. The van der Waals surface area contributed by atoms with E-state index in [9.17, 15) is 22.8 Å². The molecule has 0 fully saturated rings. The lowest BCUT2D eigenvalue weighted by Crippen LogP contribution is -2.18. The van der Waals surface area contributed by atoms with Crippen molar-refractivity contribution >= 4 is 16.9 Å². The van der Waals surface area contributed by atoms with Crippen molar-refractivity contribution in [2.75, 3.05) is 7.11 Å². The van der Waals surface area contributed by atoms with Gasteiger partial charge in [0.15, 0.2) is 0 Å². The maximum absolute atomic E-state index is 12.5. The molecule has 0 saturated heterocycles. The molecule has 1 N–H and O–H groups in total. The summed E-state index contributed by atoms with van der Waals surface area (Å²) in [5.41, 5.74) is -1.91. The molecule has 0 unspecified atom stereocenters. The molecule has 0 bridgehead atoms.